The van der Waals surface area contributed by atoms with Gasteiger partial charge < -0.3 is 17.2 Å². The fourth-order valence-corrected chi connectivity index (χ4v) is 4.31. The van der Waals surface area contributed by atoms with Gasteiger partial charge in [0.1, 0.15) is 5.82 Å². The molecular weight excluding hydrogens is 588 g/mol. The summed E-state index contributed by atoms with van der Waals surface area (Å²) in [4.78, 5) is 26.9. The molecule has 6 heterocycles. The number of nitro groups is 1. The fourth-order valence-electron chi connectivity index (χ4n) is 4.31. The molecule has 6 N–H and O–H groups in total. The highest BCUT2D eigenvalue weighted by molar-refractivity contribution is 5.82. The minimum Gasteiger partial charge on any atom is -0.395 e. The van der Waals surface area contributed by atoms with Crippen molar-refractivity contribution in [2.24, 2.45) is 0 Å². The van der Waals surface area contributed by atoms with Crippen molar-refractivity contribution >= 4 is 23.0 Å². The maximum Gasteiger partial charge on any atom is 0.319 e. The molecule has 0 fully saturated rings. The number of nitrogens with zero attached hydrogens (tertiary/aromatic N) is 11. The van der Waals surface area contributed by atoms with Crippen LogP contribution in [0.1, 0.15) is 11.1 Å². The lowest BCUT2D eigenvalue weighted by Gasteiger charge is -2.04. The lowest BCUT2D eigenvalue weighted by Crippen LogP contribution is -2.00. The third kappa shape index (κ3) is 6.56. The molecule has 0 unspecified atom stereocenters. The molecule has 0 aliphatic heterocycles. The molecule has 6 rings (SSSR count). The Morgan fingerprint density at radius 1 is 0.696 bits per heavy atom. The minimum absolute atomic E-state index is 0.149. The van der Waals surface area contributed by atoms with Crippen molar-refractivity contribution in [3.05, 3.63) is 107 Å². The Morgan fingerprint density at radius 3 is 1.67 bits per heavy atom. The van der Waals surface area contributed by atoms with E-state index >= 15 is 0 Å². The lowest BCUT2D eigenvalue weighted by atomic mass is 10.1. The van der Waals surface area contributed by atoms with E-state index in [2.05, 4.69) is 36.2 Å². The molecule has 16 nitrogen and oxygen atoms in total. The standard InChI is InChI=1S/C15H11N7O2.C15H13N7/c16-5-3-10-1-2-13(19-7-10)21-9-11(8-20-21)12-4-6-18-15(17)14(12)22(23)24;16-5-3-10-1-2-13(20-7-10)22-9-11(8-21-22)12-4-6-19-15(18)14(12)17/h1-2,4,6-9H,3H2,(H2,17,18);1-2,4,6-9H,3,17H2,(H2,18,19). The van der Waals surface area contributed by atoms with Gasteiger partial charge in [0.25, 0.3) is 0 Å². The average Bonchev–Trinajstić information content (AvgIpc) is 3.75. The Balaban J connectivity index is 0.000000182. The first-order chi connectivity index (χ1) is 22.3. The third-order valence-electron chi connectivity index (χ3n) is 6.60. The van der Waals surface area contributed by atoms with Gasteiger partial charge in [-0.1, -0.05) is 12.1 Å². The normalized spacial score (nSPS) is 10.3. The van der Waals surface area contributed by atoms with Crippen LogP contribution in [0.3, 0.4) is 0 Å². The van der Waals surface area contributed by atoms with Gasteiger partial charge >= 0.3 is 5.69 Å². The Kier molecular flexibility index (Phi) is 8.82. The predicted molar refractivity (Wildman–Crippen MR) is 168 cm³/mol. The number of aromatic nitrogens is 8. The zero-order valence-corrected chi connectivity index (χ0v) is 24.0. The van der Waals surface area contributed by atoms with E-state index in [1.54, 1.807) is 53.9 Å². The number of rotatable bonds is 7. The molecule has 226 valence electrons. The van der Waals surface area contributed by atoms with Crippen LogP contribution in [0.25, 0.3) is 33.9 Å². The molecule has 0 radical (unpaired) electrons. The number of hydrogen-bond acceptors (Lipinski definition) is 13. The van der Waals surface area contributed by atoms with E-state index < -0.39 is 4.92 Å². The highest BCUT2D eigenvalue weighted by atomic mass is 16.6. The van der Waals surface area contributed by atoms with Gasteiger partial charge in [0, 0.05) is 53.9 Å². The van der Waals surface area contributed by atoms with E-state index in [1.807, 2.05) is 24.4 Å². The number of nitrogens with two attached hydrogens (primary N) is 3. The number of nitrogen functional groups attached to an aromatic ring is 3. The molecule has 0 saturated carbocycles. The SMILES string of the molecule is N#CCc1ccc(-n2cc(-c3ccnc(N)c3N)cn2)nc1.N#CCc1ccc(-n2cc(-c3ccnc(N)c3[N+](=O)[O-])cn2)nc1. The van der Waals surface area contributed by atoms with Gasteiger partial charge in [0.15, 0.2) is 11.6 Å². The van der Waals surface area contributed by atoms with Gasteiger partial charge in [0.2, 0.25) is 5.82 Å². The number of anilines is 3. The second-order valence-corrected chi connectivity index (χ2v) is 9.57. The fraction of sp³-hybridized carbons (Fsp3) is 0.0667. The minimum atomic E-state index is -0.566. The van der Waals surface area contributed by atoms with Gasteiger partial charge in [-0.25, -0.2) is 29.3 Å². The summed E-state index contributed by atoms with van der Waals surface area (Å²) in [6.07, 6.45) is 13.5. The van der Waals surface area contributed by atoms with Crippen LogP contribution in [0.15, 0.2) is 86.0 Å². The van der Waals surface area contributed by atoms with Crippen LogP contribution in [0.4, 0.5) is 23.0 Å². The van der Waals surface area contributed by atoms with Gasteiger partial charge in [-0.3, -0.25) is 10.1 Å². The predicted octanol–water partition coefficient (Wildman–Crippen LogP) is 3.45. The third-order valence-corrected chi connectivity index (χ3v) is 6.60. The molecule has 0 spiro atoms. The summed E-state index contributed by atoms with van der Waals surface area (Å²) in [6.45, 7) is 0. The van der Waals surface area contributed by atoms with Gasteiger partial charge in [-0.2, -0.15) is 20.7 Å². The van der Waals surface area contributed by atoms with Crippen LogP contribution in [-0.2, 0) is 12.8 Å². The van der Waals surface area contributed by atoms with E-state index in [-0.39, 0.29) is 17.9 Å². The smallest absolute Gasteiger partial charge is 0.319 e. The summed E-state index contributed by atoms with van der Waals surface area (Å²) in [5.41, 5.74) is 21.6. The first-order valence-corrected chi connectivity index (χ1v) is 13.4. The molecule has 0 atom stereocenters. The van der Waals surface area contributed by atoms with Gasteiger partial charge in [-0.15, -0.1) is 0 Å². The highest BCUT2D eigenvalue weighted by Gasteiger charge is 2.21. The summed E-state index contributed by atoms with van der Waals surface area (Å²) < 4.78 is 3.13. The monoisotopic (exact) mass is 612 g/mol. The van der Waals surface area contributed by atoms with E-state index in [4.69, 9.17) is 27.7 Å². The van der Waals surface area contributed by atoms with Gasteiger partial charge in [0.05, 0.1) is 53.5 Å². The summed E-state index contributed by atoms with van der Waals surface area (Å²) >= 11 is 0. The van der Waals surface area contributed by atoms with Crippen molar-refractivity contribution in [3.63, 3.8) is 0 Å². The Bertz CT molecular complexity index is 2090. The van der Waals surface area contributed by atoms with Crippen molar-refractivity contribution in [3.8, 4) is 46.0 Å². The molecule has 0 aromatic carbocycles. The Labute approximate surface area is 261 Å². The first kappa shape index (κ1) is 30.3. The maximum absolute atomic E-state index is 11.2. The average molecular weight is 613 g/mol. The van der Waals surface area contributed by atoms with Crippen LogP contribution in [0.5, 0.6) is 0 Å². The number of nitriles is 2. The number of hydrogen-bond donors (Lipinski definition) is 3. The van der Waals surface area contributed by atoms with E-state index in [1.165, 1.54) is 23.1 Å². The zero-order chi connectivity index (χ0) is 32.6. The molecular formula is C30H24N14O2. The largest absolute Gasteiger partial charge is 0.395 e. The van der Waals surface area contributed by atoms with Crippen LogP contribution in [-0.4, -0.2) is 44.4 Å². The molecule has 0 bridgehead atoms. The van der Waals surface area contributed by atoms with Crippen LogP contribution in [0, 0.1) is 32.8 Å². The summed E-state index contributed by atoms with van der Waals surface area (Å²) in [6, 6.07) is 14.6. The second kappa shape index (κ2) is 13.4. The molecule has 0 amide bonds. The van der Waals surface area contributed by atoms with Gasteiger partial charge in [-0.05, 0) is 35.4 Å². The molecule has 0 saturated heterocycles. The molecule has 0 aliphatic rings. The Morgan fingerprint density at radius 2 is 1.20 bits per heavy atom. The quantitative estimate of drug-likeness (QED) is 0.173. The van der Waals surface area contributed by atoms with Crippen LogP contribution < -0.4 is 17.2 Å². The topological polar surface area (TPSA) is 256 Å². The molecule has 6 aromatic rings. The van der Waals surface area contributed by atoms with Crippen LogP contribution >= 0.6 is 0 Å². The van der Waals surface area contributed by atoms with Crippen molar-refractivity contribution in [2.45, 2.75) is 12.8 Å². The van der Waals surface area contributed by atoms with E-state index in [9.17, 15) is 10.1 Å². The molecule has 6 aromatic heterocycles. The van der Waals surface area contributed by atoms with E-state index in [0.29, 0.717) is 40.7 Å². The summed E-state index contributed by atoms with van der Waals surface area (Å²) in [7, 11) is 0. The lowest BCUT2D eigenvalue weighted by molar-refractivity contribution is -0.383. The van der Waals surface area contributed by atoms with Crippen molar-refractivity contribution in [1.82, 2.24) is 39.5 Å². The van der Waals surface area contributed by atoms with Crippen molar-refractivity contribution < 1.29 is 4.92 Å². The molecule has 46 heavy (non-hydrogen) atoms. The van der Waals surface area contributed by atoms with Crippen LogP contribution in [0.2, 0.25) is 0 Å². The summed E-state index contributed by atoms with van der Waals surface area (Å²) in [5, 5.41) is 37.0. The zero-order valence-electron chi connectivity index (χ0n) is 24.0. The maximum atomic E-state index is 11.2. The molecule has 16 heteroatoms. The molecule has 0 aliphatic carbocycles. The summed E-state index contributed by atoms with van der Waals surface area (Å²) in [5.74, 6) is 1.34. The number of pyridine rings is 4. The van der Waals surface area contributed by atoms with E-state index in [0.717, 1.165) is 22.3 Å². The van der Waals surface area contributed by atoms with Crippen molar-refractivity contribution in [1.29, 1.82) is 10.5 Å². The highest BCUT2D eigenvalue weighted by Crippen LogP contribution is 2.33. The first-order valence-electron chi connectivity index (χ1n) is 13.4. The second-order valence-electron chi connectivity index (χ2n) is 9.57. The Hall–Kier alpha value is -7.20. The van der Waals surface area contributed by atoms with Crippen molar-refractivity contribution in [2.75, 3.05) is 17.2 Å².